The number of amides is 1. The summed E-state index contributed by atoms with van der Waals surface area (Å²) >= 11 is 0. The first-order valence-corrected chi connectivity index (χ1v) is 7.52. The van der Waals surface area contributed by atoms with E-state index in [1.807, 2.05) is 26.0 Å². The van der Waals surface area contributed by atoms with E-state index in [2.05, 4.69) is 5.32 Å². The van der Waals surface area contributed by atoms with Crippen LogP contribution < -0.4 is 5.32 Å². The fourth-order valence-electron chi connectivity index (χ4n) is 3.05. The molecular formula is C16H23NO4. The van der Waals surface area contributed by atoms with Gasteiger partial charge in [0.2, 0.25) is 5.91 Å². The summed E-state index contributed by atoms with van der Waals surface area (Å²) in [6, 6.07) is 3.42. The minimum Gasteiger partial charge on any atom is -0.481 e. The molecule has 0 saturated heterocycles. The number of aryl methyl sites for hydroxylation is 1. The molecule has 5 nitrogen and oxygen atoms in total. The Labute approximate surface area is 124 Å². The van der Waals surface area contributed by atoms with Gasteiger partial charge in [-0.25, -0.2) is 0 Å². The highest BCUT2D eigenvalue weighted by molar-refractivity contribution is 5.85. The van der Waals surface area contributed by atoms with E-state index < -0.39 is 11.4 Å². The second-order valence-electron chi connectivity index (χ2n) is 6.06. The van der Waals surface area contributed by atoms with Crippen LogP contribution in [0.3, 0.4) is 0 Å². The van der Waals surface area contributed by atoms with Gasteiger partial charge < -0.3 is 14.8 Å². The molecule has 1 atom stereocenters. The number of hydrogen-bond donors (Lipinski definition) is 2. The van der Waals surface area contributed by atoms with Gasteiger partial charge in [-0.05, 0) is 38.8 Å². The summed E-state index contributed by atoms with van der Waals surface area (Å²) in [6.07, 6.45) is 4.04. The van der Waals surface area contributed by atoms with Crippen molar-refractivity contribution < 1.29 is 19.1 Å². The molecule has 1 amide bonds. The SMILES string of the molecule is Cc1ccc(C(C)NC(=O)CC2(C(=O)O)CCCCC2)o1. The molecule has 116 valence electrons. The second kappa shape index (κ2) is 6.33. The van der Waals surface area contributed by atoms with Crippen LogP contribution >= 0.6 is 0 Å². The first kappa shape index (κ1) is 15.6. The van der Waals surface area contributed by atoms with Crippen LogP contribution in [0.25, 0.3) is 0 Å². The predicted octanol–water partition coefficient (Wildman–Crippen LogP) is 3.19. The summed E-state index contributed by atoms with van der Waals surface area (Å²) in [5.74, 6) is 0.411. The number of carbonyl (C=O) groups excluding carboxylic acids is 1. The average molecular weight is 293 g/mol. The molecular weight excluding hydrogens is 270 g/mol. The van der Waals surface area contributed by atoms with E-state index in [0.717, 1.165) is 25.0 Å². The highest BCUT2D eigenvalue weighted by Crippen LogP contribution is 2.39. The Hall–Kier alpha value is -1.78. The van der Waals surface area contributed by atoms with Gasteiger partial charge in [-0.2, -0.15) is 0 Å². The van der Waals surface area contributed by atoms with Crippen LogP contribution in [0.1, 0.15) is 63.0 Å². The molecule has 1 aromatic heterocycles. The molecule has 1 heterocycles. The largest absolute Gasteiger partial charge is 0.481 e. The quantitative estimate of drug-likeness (QED) is 0.873. The predicted molar refractivity (Wildman–Crippen MR) is 77.8 cm³/mol. The van der Waals surface area contributed by atoms with Gasteiger partial charge in [-0.1, -0.05) is 19.3 Å². The number of carboxylic acid groups (broad SMARTS) is 1. The van der Waals surface area contributed by atoms with Gasteiger partial charge in [0.1, 0.15) is 11.5 Å². The molecule has 0 radical (unpaired) electrons. The number of aliphatic carboxylic acids is 1. The minimum absolute atomic E-state index is 0.0480. The van der Waals surface area contributed by atoms with Crippen molar-refractivity contribution in [1.82, 2.24) is 5.32 Å². The van der Waals surface area contributed by atoms with Gasteiger partial charge in [-0.15, -0.1) is 0 Å². The number of furan rings is 1. The zero-order valence-corrected chi connectivity index (χ0v) is 12.6. The summed E-state index contributed by atoms with van der Waals surface area (Å²) in [7, 11) is 0. The zero-order valence-electron chi connectivity index (χ0n) is 12.6. The molecule has 1 fully saturated rings. The lowest BCUT2D eigenvalue weighted by molar-refractivity contribution is -0.154. The number of nitrogens with one attached hydrogen (secondary N) is 1. The lowest BCUT2D eigenvalue weighted by Gasteiger charge is -2.32. The number of hydrogen-bond acceptors (Lipinski definition) is 3. The highest BCUT2D eigenvalue weighted by Gasteiger charge is 2.41. The van der Waals surface area contributed by atoms with Crippen LogP contribution in [-0.4, -0.2) is 17.0 Å². The molecule has 1 unspecified atom stereocenters. The van der Waals surface area contributed by atoms with Gasteiger partial charge in [0.05, 0.1) is 11.5 Å². The molecule has 1 aliphatic carbocycles. The van der Waals surface area contributed by atoms with Crippen LogP contribution in [0, 0.1) is 12.3 Å². The second-order valence-corrected chi connectivity index (χ2v) is 6.06. The topological polar surface area (TPSA) is 79.5 Å². The molecule has 0 spiro atoms. The summed E-state index contributed by atoms with van der Waals surface area (Å²) in [5.41, 5.74) is -0.888. The van der Waals surface area contributed by atoms with E-state index in [1.165, 1.54) is 0 Å². The molecule has 1 aromatic rings. The Morgan fingerprint density at radius 3 is 2.52 bits per heavy atom. The van der Waals surface area contributed by atoms with E-state index >= 15 is 0 Å². The summed E-state index contributed by atoms with van der Waals surface area (Å²) in [5, 5.41) is 12.3. The highest BCUT2D eigenvalue weighted by atomic mass is 16.4. The molecule has 1 saturated carbocycles. The molecule has 5 heteroatoms. The standard InChI is InChI=1S/C16H23NO4/c1-11-6-7-13(21-11)12(2)17-14(18)10-16(15(19)20)8-4-3-5-9-16/h6-7,12H,3-5,8-10H2,1-2H3,(H,17,18)(H,19,20). The van der Waals surface area contributed by atoms with Crippen molar-refractivity contribution in [2.75, 3.05) is 0 Å². The third-order valence-electron chi connectivity index (χ3n) is 4.33. The van der Waals surface area contributed by atoms with Crippen molar-refractivity contribution in [2.45, 2.75) is 58.4 Å². The zero-order chi connectivity index (χ0) is 15.5. The number of carbonyl (C=O) groups is 2. The fraction of sp³-hybridized carbons (Fsp3) is 0.625. The van der Waals surface area contributed by atoms with Crippen molar-refractivity contribution in [1.29, 1.82) is 0 Å². The van der Waals surface area contributed by atoms with Gasteiger partial charge in [-0.3, -0.25) is 9.59 Å². The number of carboxylic acids is 1. The molecule has 21 heavy (non-hydrogen) atoms. The maximum Gasteiger partial charge on any atom is 0.310 e. The van der Waals surface area contributed by atoms with Gasteiger partial charge >= 0.3 is 5.97 Å². The van der Waals surface area contributed by atoms with E-state index in [-0.39, 0.29) is 18.4 Å². The van der Waals surface area contributed by atoms with E-state index in [4.69, 9.17) is 4.42 Å². The van der Waals surface area contributed by atoms with Crippen molar-refractivity contribution in [3.63, 3.8) is 0 Å². The first-order valence-electron chi connectivity index (χ1n) is 7.52. The maximum atomic E-state index is 12.2. The Balaban J connectivity index is 1.98. The first-order chi connectivity index (χ1) is 9.93. The van der Waals surface area contributed by atoms with Crippen LogP contribution in [0.15, 0.2) is 16.5 Å². The third kappa shape index (κ3) is 3.65. The molecule has 0 aliphatic heterocycles. The molecule has 0 bridgehead atoms. The molecule has 0 aromatic carbocycles. The van der Waals surface area contributed by atoms with Crippen LogP contribution in [0.4, 0.5) is 0 Å². The van der Waals surface area contributed by atoms with Gasteiger partial charge in [0.25, 0.3) is 0 Å². The van der Waals surface area contributed by atoms with Crippen LogP contribution in [0.2, 0.25) is 0 Å². The van der Waals surface area contributed by atoms with Crippen LogP contribution in [-0.2, 0) is 9.59 Å². The lowest BCUT2D eigenvalue weighted by atomic mass is 9.71. The van der Waals surface area contributed by atoms with Gasteiger partial charge in [0, 0.05) is 6.42 Å². The minimum atomic E-state index is -0.888. The summed E-state index contributed by atoms with van der Waals surface area (Å²) in [6.45, 7) is 3.68. The normalized spacial score (nSPS) is 19.0. The third-order valence-corrected chi connectivity index (χ3v) is 4.33. The smallest absolute Gasteiger partial charge is 0.310 e. The van der Waals surface area contributed by atoms with Crippen molar-refractivity contribution >= 4 is 11.9 Å². The van der Waals surface area contributed by atoms with Crippen molar-refractivity contribution in [3.8, 4) is 0 Å². The van der Waals surface area contributed by atoms with E-state index in [1.54, 1.807) is 0 Å². The van der Waals surface area contributed by atoms with E-state index in [9.17, 15) is 14.7 Å². The maximum absolute atomic E-state index is 12.2. The molecule has 2 N–H and O–H groups in total. The van der Waals surface area contributed by atoms with Gasteiger partial charge in [0.15, 0.2) is 0 Å². The molecule has 1 aliphatic rings. The van der Waals surface area contributed by atoms with Crippen LogP contribution in [0.5, 0.6) is 0 Å². The molecule has 2 rings (SSSR count). The van der Waals surface area contributed by atoms with E-state index in [0.29, 0.717) is 18.6 Å². The fourth-order valence-corrected chi connectivity index (χ4v) is 3.05. The van der Waals surface area contributed by atoms with Crippen molar-refractivity contribution in [2.24, 2.45) is 5.41 Å². The Morgan fingerprint density at radius 2 is 2.00 bits per heavy atom. The monoisotopic (exact) mass is 293 g/mol. The Morgan fingerprint density at radius 1 is 1.33 bits per heavy atom. The Kier molecular flexibility index (Phi) is 4.70. The Bertz CT molecular complexity index is 514. The average Bonchev–Trinajstić information content (AvgIpc) is 2.86. The lowest BCUT2D eigenvalue weighted by Crippen LogP contribution is -2.39. The van der Waals surface area contributed by atoms with Crippen molar-refractivity contribution in [3.05, 3.63) is 23.7 Å². The number of rotatable bonds is 5. The summed E-state index contributed by atoms with van der Waals surface area (Å²) in [4.78, 5) is 23.8. The summed E-state index contributed by atoms with van der Waals surface area (Å²) < 4.78 is 5.48.